The number of nitrogens with zero attached hydrogens (tertiary/aromatic N) is 2. The first-order valence-electron chi connectivity index (χ1n) is 9.98. The van der Waals surface area contributed by atoms with Crippen molar-refractivity contribution in [3.05, 3.63) is 0 Å². The van der Waals surface area contributed by atoms with E-state index >= 15 is 0 Å². The molecule has 1 aliphatic carbocycles. The lowest BCUT2D eigenvalue weighted by Gasteiger charge is -2.30. The zero-order valence-electron chi connectivity index (χ0n) is 16.1. The third-order valence-electron chi connectivity index (χ3n) is 5.56. The molecular formula is C19H36N4O2. The number of carbonyl (C=O) groups excluding carboxylic acids is 1. The van der Waals surface area contributed by atoms with Crippen LogP contribution < -0.4 is 10.6 Å². The molecule has 1 amide bonds. The van der Waals surface area contributed by atoms with Gasteiger partial charge in [0.15, 0.2) is 5.96 Å². The molecule has 0 aromatic rings. The molecular weight excluding hydrogens is 316 g/mol. The van der Waals surface area contributed by atoms with Crippen LogP contribution in [0.2, 0.25) is 0 Å². The van der Waals surface area contributed by atoms with E-state index in [2.05, 4.69) is 22.5 Å². The van der Waals surface area contributed by atoms with Gasteiger partial charge in [0.05, 0.1) is 0 Å². The van der Waals surface area contributed by atoms with Gasteiger partial charge < -0.3 is 20.3 Å². The number of hydrogen-bond acceptors (Lipinski definition) is 3. The number of likely N-dealkylation sites (tertiary alicyclic amines) is 1. The topological polar surface area (TPSA) is 66.0 Å². The van der Waals surface area contributed by atoms with Crippen LogP contribution in [0.3, 0.4) is 0 Å². The van der Waals surface area contributed by atoms with E-state index in [9.17, 15) is 4.79 Å². The Bertz CT molecular complexity index is 427. The molecule has 144 valence electrons. The van der Waals surface area contributed by atoms with Gasteiger partial charge in [0.1, 0.15) is 6.54 Å². The van der Waals surface area contributed by atoms with Gasteiger partial charge in [-0.25, -0.2) is 4.99 Å². The maximum Gasteiger partial charge on any atom is 0.244 e. The van der Waals surface area contributed by atoms with E-state index < -0.39 is 0 Å². The summed E-state index contributed by atoms with van der Waals surface area (Å²) < 4.78 is 5.31. The molecule has 2 rings (SSSR count). The molecule has 1 saturated carbocycles. The van der Waals surface area contributed by atoms with Crippen LogP contribution in [0.15, 0.2) is 4.99 Å². The summed E-state index contributed by atoms with van der Waals surface area (Å²) in [5, 5.41) is 6.76. The smallest absolute Gasteiger partial charge is 0.244 e. The molecule has 1 heterocycles. The molecule has 6 heteroatoms. The Morgan fingerprint density at radius 1 is 1.12 bits per heavy atom. The predicted molar refractivity (Wildman–Crippen MR) is 102 cm³/mol. The van der Waals surface area contributed by atoms with E-state index in [-0.39, 0.29) is 12.5 Å². The van der Waals surface area contributed by atoms with E-state index in [4.69, 9.17) is 4.74 Å². The molecule has 2 N–H and O–H groups in total. The molecule has 2 aliphatic rings. The number of nitrogens with one attached hydrogen (secondary N) is 2. The number of aliphatic imine (C=N–C) groups is 1. The van der Waals surface area contributed by atoms with Crippen LogP contribution in [0, 0.1) is 5.41 Å². The summed E-state index contributed by atoms with van der Waals surface area (Å²) in [5.41, 5.74) is 0.309. The van der Waals surface area contributed by atoms with Crippen LogP contribution in [0.4, 0.5) is 0 Å². The van der Waals surface area contributed by atoms with E-state index in [0.717, 1.165) is 58.0 Å². The quantitative estimate of drug-likeness (QED) is 0.519. The Morgan fingerprint density at radius 3 is 2.48 bits per heavy atom. The first-order chi connectivity index (χ1) is 12.2. The Balaban J connectivity index is 1.86. The molecule has 0 unspecified atom stereocenters. The molecule has 1 aliphatic heterocycles. The lowest BCUT2D eigenvalue weighted by atomic mass is 9.83. The molecule has 0 radical (unpaired) electrons. The molecule has 0 aromatic carbocycles. The molecule has 1 saturated heterocycles. The lowest BCUT2D eigenvalue weighted by Crippen LogP contribution is -2.44. The number of carbonyl (C=O) groups is 1. The van der Waals surface area contributed by atoms with Gasteiger partial charge in [0.2, 0.25) is 5.91 Å². The highest BCUT2D eigenvalue weighted by atomic mass is 16.5. The minimum absolute atomic E-state index is 0.145. The molecule has 2 fully saturated rings. The van der Waals surface area contributed by atoms with Crippen LogP contribution in [-0.4, -0.2) is 63.2 Å². The van der Waals surface area contributed by atoms with Gasteiger partial charge in [0, 0.05) is 39.9 Å². The number of methoxy groups -OCH3 is 1. The van der Waals surface area contributed by atoms with E-state index in [1.807, 2.05) is 4.90 Å². The zero-order chi connectivity index (χ0) is 18.0. The van der Waals surface area contributed by atoms with Gasteiger partial charge in [-0.2, -0.15) is 0 Å². The van der Waals surface area contributed by atoms with Crippen LogP contribution in [0.5, 0.6) is 0 Å². The molecule has 0 aromatic heterocycles. The zero-order valence-corrected chi connectivity index (χ0v) is 16.1. The maximum absolute atomic E-state index is 12.3. The number of guanidine groups is 1. The predicted octanol–water partition coefficient (Wildman–Crippen LogP) is 2.15. The highest BCUT2D eigenvalue weighted by molar-refractivity contribution is 5.85. The maximum atomic E-state index is 12.3. The molecule has 0 atom stereocenters. The number of amides is 1. The fraction of sp³-hybridized carbons (Fsp3) is 0.895. The number of piperidine rings is 1. The van der Waals surface area contributed by atoms with E-state index in [1.54, 1.807) is 7.11 Å². The molecule has 0 spiro atoms. The fourth-order valence-corrected chi connectivity index (χ4v) is 3.96. The normalized spacial score (nSPS) is 20.6. The van der Waals surface area contributed by atoms with Crippen LogP contribution in [0.25, 0.3) is 0 Å². The highest BCUT2D eigenvalue weighted by Gasteiger charge is 2.33. The number of ether oxygens (including phenoxy) is 1. The average Bonchev–Trinajstić information content (AvgIpc) is 3.12. The summed E-state index contributed by atoms with van der Waals surface area (Å²) in [6.45, 7) is 6.58. The van der Waals surface area contributed by atoms with Gasteiger partial charge in [0.25, 0.3) is 0 Å². The van der Waals surface area contributed by atoms with Crippen molar-refractivity contribution in [2.45, 2.75) is 58.3 Å². The second kappa shape index (κ2) is 10.6. The standard InChI is InChI=1S/C19H36N4O2/c1-3-20-18(21-15-17(24)23-12-7-4-8-13-23)22-16-19(11-14-25-2)9-5-6-10-19/h3-16H2,1-2H3,(H2,20,21,22). The number of rotatable bonds is 8. The average molecular weight is 353 g/mol. The molecule has 6 nitrogen and oxygen atoms in total. The van der Waals surface area contributed by atoms with Crippen molar-refractivity contribution < 1.29 is 9.53 Å². The van der Waals surface area contributed by atoms with Crippen molar-refractivity contribution in [2.75, 3.05) is 46.4 Å². The molecule has 25 heavy (non-hydrogen) atoms. The van der Waals surface area contributed by atoms with Crippen molar-refractivity contribution in [1.82, 2.24) is 15.5 Å². The first-order valence-corrected chi connectivity index (χ1v) is 9.98. The Morgan fingerprint density at radius 2 is 1.84 bits per heavy atom. The summed E-state index contributed by atoms with van der Waals surface area (Å²) in [6.07, 6.45) is 9.65. The first kappa shape index (κ1) is 20.0. The van der Waals surface area contributed by atoms with Crippen molar-refractivity contribution in [3.63, 3.8) is 0 Å². The van der Waals surface area contributed by atoms with Crippen molar-refractivity contribution >= 4 is 11.9 Å². The van der Waals surface area contributed by atoms with E-state index in [1.165, 1.54) is 32.1 Å². The van der Waals surface area contributed by atoms with Crippen LogP contribution in [-0.2, 0) is 9.53 Å². The largest absolute Gasteiger partial charge is 0.385 e. The van der Waals surface area contributed by atoms with E-state index in [0.29, 0.717) is 5.41 Å². The fourth-order valence-electron chi connectivity index (χ4n) is 3.96. The second-order valence-corrected chi connectivity index (χ2v) is 7.44. The van der Waals surface area contributed by atoms with Gasteiger partial charge >= 0.3 is 0 Å². The summed E-state index contributed by atoms with van der Waals surface area (Å²) in [7, 11) is 1.77. The third-order valence-corrected chi connectivity index (χ3v) is 5.56. The monoisotopic (exact) mass is 352 g/mol. The van der Waals surface area contributed by atoms with Crippen LogP contribution in [0.1, 0.15) is 58.3 Å². The summed E-state index contributed by atoms with van der Waals surface area (Å²) in [5.74, 6) is 0.906. The molecule has 0 bridgehead atoms. The van der Waals surface area contributed by atoms with Gasteiger partial charge in [-0.05, 0) is 50.9 Å². The summed E-state index contributed by atoms with van der Waals surface area (Å²) in [6, 6.07) is 0. The Hall–Kier alpha value is -1.30. The Kier molecular flexibility index (Phi) is 8.52. The second-order valence-electron chi connectivity index (χ2n) is 7.44. The number of hydrogen-bond donors (Lipinski definition) is 2. The highest BCUT2D eigenvalue weighted by Crippen LogP contribution is 2.40. The SMILES string of the molecule is CCNC(=NCC(=O)N1CCCCC1)NCC1(CCOC)CCCC1. The summed E-state index contributed by atoms with van der Waals surface area (Å²) in [4.78, 5) is 18.8. The minimum Gasteiger partial charge on any atom is -0.385 e. The summed E-state index contributed by atoms with van der Waals surface area (Å²) >= 11 is 0. The van der Waals surface area contributed by atoms with Crippen LogP contribution >= 0.6 is 0 Å². The van der Waals surface area contributed by atoms with Gasteiger partial charge in [-0.1, -0.05) is 12.8 Å². The Labute approximate surface area is 152 Å². The third kappa shape index (κ3) is 6.49. The van der Waals surface area contributed by atoms with Gasteiger partial charge in [-0.3, -0.25) is 4.79 Å². The lowest BCUT2D eigenvalue weighted by molar-refractivity contribution is -0.130. The van der Waals surface area contributed by atoms with Crippen molar-refractivity contribution in [1.29, 1.82) is 0 Å². The minimum atomic E-state index is 0.145. The van der Waals surface area contributed by atoms with Gasteiger partial charge in [-0.15, -0.1) is 0 Å². The van der Waals surface area contributed by atoms with Crippen molar-refractivity contribution in [2.24, 2.45) is 10.4 Å². The van der Waals surface area contributed by atoms with Crippen molar-refractivity contribution in [3.8, 4) is 0 Å².